The van der Waals surface area contributed by atoms with E-state index in [2.05, 4.69) is 20.6 Å². The van der Waals surface area contributed by atoms with Gasteiger partial charge in [-0.25, -0.2) is 23.5 Å². The summed E-state index contributed by atoms with van der Waals surface area (Å²) in [5, 5.41) is 14.3. The van der Waals surface area contributed by atoms with Gasteiger partial charge in [0.05, 0.1) is 29.9 Å². The van der Waals surface area contributed by atoms with Crippen LogP contribution in [0.25, 0.3) is 5.78 Å². The molecule has 0 aromatic carbocycles. The molecule has 0 radical (unpaired) electrons. The van der Waals surface area contributed by atoms with E-state index in [1.54, 1.807) is 22.9 Å². The highest BCUT2D eigenvalue weighted by molar-refractivity contribution is 5.76. The quantitative estimate of drug-likeness (QED) is 0.450. The number of hydrogen-bond acceptors (Lipinski definition) is 4. The van der Waals surface area contributed by atoms with Crippen molar-refractivity contribution in [1.29, 1.82) is 0 Å². The Morgan fingerprint density at radius 1 is 1.06 bits per heavy atom. The molecule has 13 heteroatoms. The fourth-order valence-corrected chi connectivity index (χ4v) is 4.55. The molecule has 2 atom stereocenters. The van der Waals surface area contributed by atoms with E-state index in [0.29, 0.717) is 11.4 Å². The van der Waals surface area contributed by atoms with E-state index in [1.807, 2.05) is 0 Å². The molecule has 2 saturated carbocycles. The maximum Gasteiger partial charge on any atom is 0.405 e. The van der Waals surface area contributed by atoms with E-state index in [0.717, 1.165) is 12.8 Å². The summed E-state index contributed by atoms with van der Waals surface area (Å²) in [5.41, 5.74) is 0.780. The van der Waals surface area contributed by atoms with Crippen molar-refractivity contribution in [2.24, 2.45) is 11.8 Å². The van der Waals surface area contributed by atoms with Crippen LogP contribution in [0, 0.1) is 11.8 Å². The maximum atomic E-state index is 13.6. The number of carboxylic acid groups (broad SMARTS) is 1. The Balaban J connectivity index is 1.54. The second-order valence-corrected chi connectivity index (χ2v) is 9.34. The van der Waals surface area contributed by atoms with Crippen molar-refractivity contribution in [3.63, 3.8) is 0 Å². The number of aromatic nitrogens is 3. The van der Waals surface area contributed by atoms with Crippen LogP contribution in [0.1, 0.15) is 74.8 Å². The van der Waals surface area contributed by atoms with Crippen LogP contribution < -0.4 is 10.6 Å². The first-order chi connectivity index (χ1) is 16.4. The lowest BCUT2D eigenvalue weighted by Gasteiger charge is -2.32. The lowest BCUT2D eigenvalue weighted by Crippen LogP contribution is -2.36. The predicted molar refractivity (Wildman–Crippen MR) is 113 cm³/mol. The molecule has 0 spiro atoms. The third kappa shape index (κ3) is 6.57. The second-order valence-electron chi connectivity index (χ2n) is 9.34. The third-order valence-electron chi connectivity index (χ3n) is 6.56. The zero-order valence-electron chi connectivity index (χ0n) is 18.7. The average molecular weight is 503 g/mol. The number of fused-ring (bicyclic) bond motifs is 1. The molecule has 2 aliphatic carbocycles. The van der Waals surface area contributed by atoms with Crippen molar-refractivity contribution in [3.05, 3.63) is 29.8 Å². The van der Waals surface area contributed by atoms with Gasteiger partial charge in [-0.1, -0.05) is 0 Å². The molecular formula is C22H26F5N5O3. The van der Waals surface area contributed by atoms with Gasteiger partial charge in [0.25, 0.3) is 0 Å². The van der Waals surface area contributed by atoms with E-state index in [9.17, 15) is 36.6 Å². The third-order valence-corrected chi connectivity index (χ3v) is 6.56. The number of nitrogens with zero attached hydrogens (tertiary/aromatic N) is 3. The molecule has 2 aromatic heterocycles. The van der Waals surface area contributed by atoms with Crippen LogP contribution in [0.3, 0.4) is 0 Å². The Hall–Kier alpha value is -2.99. The lowest BCUT2D eigenvalue weighted by molar-refractivity contribution is -0.144. The number of halogens is 5. The Bertz CT molecular complexity index is 1080. The van der Waals surface area contributed by atoms with Crippen LogP contribution in [-0.2, 0) is 4.79 Å². The highest BCUT2D eigenvalue weighted by Gasteiger charge is 2.40. The summed E-state index contributed by atoms with van der Waals surface area (Å²) in [6, 6.07) is 0.274. The van der Waals surface area contributed by atoms with Crippen LogP contribution in [0.15, 0.2) is 18.5 Å². The number of carbonyl (C=O) groups is 2. The van der Waals surface area contributed by atoms with Gasteiger partial charge < -0.3 is 15.7 Å². The standard InChI is InChI=1S/C22H26F5N5O3/c23-21(24)7-3-13(4-8-21)18(31-20(34)35)15-11-32-10-6-14(28-19(32)29-15)17(12-1-2-12)30-16(33)5-9-22(25,26)27/h6,10-13,17-18,31H,1-5,7-9H2,(H,30,33)(H,34,35)/t17-,18+/m1/s1. The average Bonchev–Trinajstić information content (AvgIpc) is 3.52. The summed E-state index contributed by atoms with van der Waals surface area (Å²) in [4.78, 5) is 32.4. The first-order valence-corrected chi connectivity index (χ1v) is 11.5. The van der Waals surface area contributed by atoms with Gasteiger partial charge in [-0.3, -0.25) is 9.20 Å². The number of alkyl halides is 5. The monoisotopic (exact) mass is 503 g/mol. The van der Waals surface area contributed by atoms with Gasteiger partial charge in [-0.05, 0) is 43.6 Å². The van der Waals surface area contributed by atoms with Crippen molar-refractivity contribution in [2.45, 2.75) is 75.5 Å². The van der Waals surface area contributed by atoms with E-state index in [1.165, 1.54) is 0 Å². The molecule has 2 fully saturated rings. The van der Waals surface area contributed by atoms with Crippen LogP contribution >= 0.6 is 0 Å². The van der Waals surface area contributed by atoms with E-state index >= 15 is 0 Å². The minimum absolute atomic E-state index is 0.0551. The Kier molecular flexibility index (Phi) is 6.87. The molecule has 0 saturated heterocycles. The molecule has 0 unspecified atom stereocenters. The van der Waals surface area contributed by atoms with E-state index in [4.69, 9.17) is 0 Å². The highest BCUT2D eigenvalue weighted by Crippen LogP contribution is 2.42. The second kappa shape index (κ2) is 9.57. The number of imidazole rings is 1. The van der Waals surface area contributed by atoms with Gasteiger partial charge in [0.15, 0.2) is 0 Å². The van der Waals surface area contributed by atoms with Crippen molar-refractivity contribution >= 4 is 17.8 Å². The van der Waals surface area contributed by atoms with Crippen molar-refractivity contribution in [1.82, 2.24) is 25.0 Å². The van der Waals surface area contributed by atoms with Crippen molar-refractivity contribution < 1.29 is 36.6 Å². The molecular weight excluding hydrogens is 477 g/mol. The van der Waals surface area contributed by atoms with Crippen LogP contribution in [0.2, 0.25) is 0 Å². The molecule has 2 heterocycles. The summed E-state index contributed by atoms with van der Waals surface area (Å²) in [6.07, 6.45) is -3.20. The number of hydrogen-bond donors (Lipinski definition) is 3. The lowest BCUT2D eigenvalue weighted by atomic mass is 9.81. The first kappa shape index (κ1) is 25.1. The van der Waals surface area contributed by atoms with Gasteiger partial charge in [0, 0.05) is 31.7 Å². The largest absolute Gasteiger partial charge is 0.465 e. The van der Waals surface area contributed by atoms with Crippen molar-refractivity contribution in [2.75, 3.05) is 0 Å². The number of rotatable bonds is 8. The van der Waals surface area contributed by atoms with E-state index < -0.39 is 49.0 Å². The summed E-state index contributed by atoms with van der Waals surface area (Å²) < 4.78 is 66.2. The summed E-state index contributed by atoms with van der Waals surface area (Å²) >= 11 is 0. The number of nitrogens with one attached hydrogen (secondary N) is 2. The molecule has 2 aromatic rings. The topological polar surface area (TPSA) is 109 Å². The highest BCUT2D eigenvalue weighted by atomic mass is 19.4. The fraction of sp³-hybridized carbons (Fsp3) is 0.636. The molecule has 8 nitrogen and oxygen atoms in total. The Morgan fingerprint density at radius 2 is 1.66 bits per heavy atom. The van der Waals surface area contributed by atoms with Gasteiger partial charge in [0.2, 0.25) is 17.6 Å². The Morgan fingerprint density at radius 3 is 2.26 bits per heavy atom. The minimum Gasteiger partial charge on any atom is -0.465 e. The SMILES string of the molecule is O=C(O)N[C@H](c1cn2ccc([C@H](NC(=O)CCC(F)(F)F)C3CC3)nc2n1)C1CCC(F)(F)CC1. The fourth-order valence-electron chi connectivity index (χ4n) is 4.55. The van der Waals surface area contributed by atoms with Gasteiger partial charge in [0.1, 0.15) is 0 Å². The van der Waals surface area contributed by atoms with Crippen molar-refractivity contribution in [3.8, 4) is 0 Å². The van der Waals surface area contributed by atoms with Crippen LogP contribution in [0.4, 0.5) is 26.7 Å². The molecule has 2 aliphatic rings. The number of amides is 2. The Labute approximate surface area is 197 Å². The summed E-state index contributed by atoms with van der Waals surface area (Å²) in [7, 11) is 0. The molecule has 192 valence electrons. The molecule has 0 aliphatic heterocycles. The zero-order chi connectivity index (χ0) is 25.4. The van der Waals surface area contributed by atoms with Crippen LogP contribution in [-0.4, -0.2) is 43.6 Å². The minimum atomic E-state index is -4.43. The maximum absolute atomic E-state index is 13.6. The van der Waals surface area contributed by atoms with E-state index in [-0.39, 0.29) is 43.3 Å². The molecule has 35 heavy (non-hydrogen) atoms. The van der Waals surface area contributed by atoms with Gasteiger partial charge in [-0.2, -0.15) is 13.2 Å². The molecule has 2 amide bonds. The smallest absolute Gasteiger partial charge is 0.405 e. The van der Waals surface area contributed by atoms with Gasteiger partial charge >= 0.3 is 12.3 Å². The molecule has 3 N–H and O–H groups in total. The molecule has 4 rings (SSSR count). The normalized spacial score (nSPS) is 20.4. The summed E-state index contributed by atoms with van der Waals surface area (Å²) in [6.45, 7) is 0. The number of carbonyl (C=O) groups excluding carboxylic acids is 1. The molecule has 0 bridgehead atoms. The first-order valence-electron chi connectivity index (χ1n) is 11.5. The predicted octanol–water partition coefficient (Wildman–Crippen LogP) is 4.77. The summed E-state index contributed by atoms with van der Waals surface area (Å²) in [5.74, 6) is -3.57. The van der Waals surface area contributed by atoms with Gasteiger partial charge in [-0.15, -0.1) is 0 Å². The van der Waals surface area contributed by atoms with Crippen LogP contribution in [0.5, 0.6) is 0 Å². The zero-order valence-corrected chi connectivity index (χ0v) is 18.7.